The maximum Gasteiger partial charge on any atom is 0.0492 e. The standard InChI is InChI=1S/C15H18BrN3S/c16-12-6-11(8-18-9-12)15(7-17)19(13-3-4-13)10-14-2-1-5-20-14/h1-2,5-6,8-9,13,15H,3-4,7,10,17H2. The molecule has 1 saturated carbocycles. The van der Waals surface area contributed by atoms with Gasteiger partial charge in [0.25, 0.3) is 0 Å². The second kappa shape index (κ2) is 6.35. The lowest BCUT2D eigenvalue weighted by molar-refractivity contribution is 0.183. The third-order valence-corrected chi connectivity index (χ3v) is 4.96. The molecule has 0 radical (unpaired) electrons. The van der Waals surface area contributed by atoms with Gasteiger partial charge in [0.2, 0.25) is 0 Å². The molecule has 1 aliphatic rings. The van der Waals surface area contributed by atoms with Gasteiger partial charge in [0.05, 0.1) is 0 Å². The Labute approximate surface area is 131 Å². The van der Waals surface area contributed by atoms with E-state index in [9.17, 15) is 0 Å². The van der Waals surface area contributed by atoms with Crippen molar-refractivity contribution >= 4 is 27.3 Å². The Bertz CT molecular complexity index is 554. The van der Waals surface area contributed by atoms with E-state index in [2.05, 4.69) is 49.4 Å². The van der Waals surface area contributed by atoms with Crippen molar-refractivity contribution in [1.29, 1.82) is 0 Å². The average Bonchev–Trinajstić information content (AvgIpc) is 3.16. The number of nitrogens with two attached hydrogens (primary N) is 1. The van der Waals surface area contributed by atoms with Crippen LogP contribution in [-0.4, -0.2) is 22.5 Å². The summed E-state index contributed by atoms with van der Waals surface area (Å²) in [7, 11) is 0. The summed E-state index contributed by atoms with van der Waals surface area (Å²) < 4.78 is 1.01. The van der Waals surface area contributed by atoms with Gasteiger partial charge >= 0.3 is 0 Å². The second-order valence-corrected chi connectivity index (χ2v) is 7.12. The number of thiophene rings is 1. The predicted molar refractivity (Wildman–Crippen MR) is 86.6 cm³/mol. The van der Waals surface area contributed by atoms with Crippen molar-refractivity contribution in [2.24, 2.45) is 5.73 Å². The number of nitrogens with zero attached hydrogens (tertiary/aromatic N) is 2. The number of hydrogen-bond acceptors (Lipinski definition) is 4. The molecule has 1 atom stereocenters. The largest absolute Gasteiger partial charge is 0.329 e. The van der Waals surface area contributed by atoms with Crippen molar-refractivity contribution in [3.63, 3.8) is 0 Å². The summed E-state index contributed by atoms with van der Waals surface area (Å²) in [6.07, 6.45) is 6.32. The number of rotatable bonds is 6. The van der Waals surface area contributed by atoms with E-state index < -0.39 is 0 Å². The van der Waals surface area contributed by atoms with Crippen molar-refractivity contribution in [2.75, 3.05) is 6.54 Å². The molecule has 0 aliphatic heterocycles. The number of aromatic nitrogens is 1. The van der Waals surface area contributed by atoms with Crippen molar-refractivity contribution in [3.05, 3.63) is 50.9 Å². The SMILES string of the molecule is NCC(c1cncc(Br)c1)N(Cc1cccs1)C1CC1. The van der Waals surface area contributed by atoms with Gasteiger partial charge in [-0.1, -0.05) is 6.07 Å². The van der Waals surface area contributed by atoms with Crippen LogP contribution >= 0.6 is 27.3 Å². The van der Waals surface area contributed by atoms with Crippen LogP contribution in [0, 0.1) is 0 Å². The molecule has 2 aromatic rings. The zero-order valence-corrected chi connectivity index (χ0v) is 13.6. The summed E-state index contributed by atoms with van der Waals surface area (Å²) in [6.45, 7) is 1.61. The molecule has 0 spiro atoms. The van der Waals surface area contributed by atoms with E-state index >= 15 is 0 Å². The molecule has 2 aromatic heterocycles. The first-order valence-corrected chi connectivity index (χ1v) is 8.54. The van der Waals surface area contributed by atoms with Gasteiger partial charge in [0, 0.05) is 46.9 Å². The third kappa shape index (κ3) is 3.28. The highest BCUT2D eigenvalue weighted by atomic mass is 79.9. The normalized spacial score (nSPS) is 16.6. The first-order chi connectivity index (χ1) is 9.78. The highest BCUT2D eigenvalue weighted by Gasteiger charge is 2.34. The monoisotopic (exact) mass is 351 g/mol. The van der Waals surface area contributed by atoms with Gasteiger partial charge in [-0.15, -0.1) is 11.3 Å². The van der Waals surface area contributed by atoms with Crippen LogP contribution in [0.25, 0.3) is 0 Å². The lowest BCUT2D eigenvalue weighted by Crippen LogP contribution is -2.35. The molecule has 2 heterocycles. The van der Waals surface area contributed by atoms with Crippen molar-refractivity contribution in [1.82, 2.24) is 9.88 Å². The molecule has 0 amide bonds. The van der Waals surface area contributed by atoms with E-state index in [1.54, 1.807) is 0 Å². The van der Waals surface area contributed by atoms with Gasteiger partial charge < -0.3 is 5.73 Å². The van der Waals surface area contributed by atoms with Crippen molar-refractivity contribution < 1.29 is 0 Å². The topological polar surface area (TPSA) is 42.1 Å². The Balaban J connectivity index is 1.84. The smallest absolute Gasteiger partial charge is 0.0492 e. The van der Waals surface area contributed by atoms with Crippen LogP contribution in [0.4, 0.5) is 0 Å². The minimum Gasteiger partial charge on any atom is -0.329 e. The minimum atomic E-state index is 0.245. The predicted octanol–water partition coefficient (Wildman–Crippen LogP) is 3.57. The zero-order chi connectivity index (χ0) is 13.9. The van der Waals surface area contributed by atoms with Crippen molar-refractivity contribution in [2.45, 2.75) is 31.5 Å². The Morgan fingerprint density at radius 3 is 2.90 bits per heavy atom. The Morgan fingerprint density at radius 1 is 1.45 bits per heavy atom. The lowest BCUT2D eigenvalue weighted by atomic mass is 10.1. The molecular formula is C15H18BrN3S. The van der Waals surface area contributed by atoms with Gasteiger partial charge in [-0.3, -0.25) is 9.88 Å². The zero-order valence-electron chi connectivity index (χ0n) is 11.2. The van der Waals surface area contributed by atoms with Crippen LogP contribution in [-0.2, 0) is 6.54 Å². The molecule has 0 saturated heterocycles. The molecule has 5 heteroatoms. The number of halogens is 1. The molecule has 20 heavy (non-hydrogen) atoms. The summed E-state index contributed by atoms with van der Waals surface area (Å²) in [6, 6.07) is 7.36. The molecule has 0 bridgehead atoms. The van der Waals surface area contributed by atoms with Crippen LogP contribution in [0.5, 0.6) is 0 Å². The molecule has 3 nitrogen and oxygen atoms in total. The second-order valence-electron chi connectivity index (χ2n) is 5.17. The Kier molecular flexibility index (Phi) is 4.51. The van der Waals surface area contributed by atoms with Crippen LogP contribution in [0.1, 0.15) is 29.3 Å². The van der Waals surface area contributed by atoms with Crippen LogP contribution in [0.2, 0.25) is 0 Å². The molecule has 106 valence electrons. The number of hydrogen-bond donors (Lipinski definition) is 1. The molecule has 1 unspecified atom stereocenters. The van der Waals surface area contributed by atoms with Gasteiger partial charge in [-0.2, -0.15) is 0 Å². The van der Waals surface area contributed by atoms with E-state index in [1.807, 2.05) is 23.7 Å². The quantitative estimate of drug-likeness (QED) is 0.864. The third-order valence-electron chi connectivity index (χ3n) is 3.67. The van der Waals surface area contributed by atoms with Gasteiger partial charge in [0.15, 0.2) is 0 Å². The van der Waals surface area contributed by atoms with Crippen molar-refractivity contribution in [3.8, 4) is 0 Å². The summed E-state index contributed by atoms with van der Waals surface area (Å²) in [5.41, 5.74) is 7.27. The lowest BCUT2D eigenvalue weighted by Gasteiger charge is -2.31. The summed E-state index contributed by atoms with van der Waals surface area (Å²) in [4.78, 5) is 8.22. The highest BCUT2D eigenvalue weighted by Crippen LogP contribution is 2.36. The molecule has 3 rings (SSSR count). The fourth-order valence-electron chi connectivity index (χ4n) is 2.56. The van der Waals surface area contributed by atoms with E-state index in [0.29, 0.717) is 12.6 Å². The van der Waals surface area contributed by atoms with Gasteiger partial charge in [-0.25, -0.2) is 0 Å². The fraction of sp³-hybridized carbons (Fsp3) is 0.400. The van der Waals surface area contributed by atoms with Gasteiger partial charge in [0.1, 0.15) is 0 Å². The van der Waals surface area contributed by atoms with E-state index in [-0.39, 0.29) is 6.04 Å². The first-order valence-electron chi connectivity index (χ1n) is 6.86. The summed E-state index contributed by atoms with van der Waals surface area (Å²) >= 11 is 5.32. The highest BCUT2D eigenvalue weighted by molar-refractivity contribution is 9.10. The van der Waals surface area contributed by atoms with Crippen LogP contribution in [0.15, 0.2) is 40.4 Å². The van der Waals surface area contributed by atoms with Crippen LogP contribution < -0.4 is 5.73 Å². The Hall–Kier alpha value is -0.750. The summed E-state index contributed by atoms with van der Waals surface area (Å²) in [5.74, 6) is 0. The summed E-state index contributed by atoms with van der Waals surface area (Å²) in [5, 5.41) is 2.14. The first kappa shape index (κ1) is 14.2. The molecule has 2 N–H and O–H groups in total. The minimum absolute atomic E-state index is 0.245. The Morgan fingerprint density at radius 2 is 2.30 bits per heavy atom. The average molecular weight is 352 g/mol. The molecular weight excluding hydrogens is 334 g/mol. The van der Waals surface area contributed by atoms with E-state index in [1.165, 1.54) is 23.3 Å². The van der Waals surface area contributed by atoms with E-state index in [0.717, 1.165) is 11.0 Å². The molecule has 0 aromatic carbocycles. The molecule has 1 fully saturated rings. The number of pyridine rings is 1. The van der Waals surface area contributed by atoms with Gasteiger partial charge in [-0.05, 0) is 51.8 Å². The maximum absolute atomic E-state index is 6.07. The molecule has 1 aliphatic carbocycles. The van der Waals surface area contributed by atoms with Crippen LogP contribution in [0.3, 0.4) is 0 Å². The van der Waals surface area contributed by atoms with E-state index in [4.69, 9.17) is 5.73 Å². The fourth-order valence-corrected chi connectivity index (χ4v) is 3.65. The maximum atomic E-state index is 6.07.